The molecular formula is C14H27NO2. The van der Waals surface area contributed by atoms with E-state index >= 15 is 0 Å². The number of carbonyl (C=O) groups is 1. The second-order valence-corrected chi connectivity index (χ2v) is 7.26. The van der Waals surface area contributed by atoms with E-state index in [9.17, 15) is 4.79 Å². The van der Waals surface area contributed by atoms with E-state index in [0.29, 0.717) is 23.4 Å². The maximum absolute atomic E-state index is 10.8. The van der Waals surface area contributed by atoms with E-state index in [1.54, 1.807) is 6.92 Å². The Labute approximate surface area is 105 Å². The quantitative estimate of drug-likeness (QED) is 0.795. The predicted octanol–water partition coefficient (Wildman–Crippen LogP) is 2.90. The predicted molar refractivity (Wildman–Crippen MR) is 70.0 cm³/mol. The molecule has 1 unspecified atom stereocenters. The van der Waals surface area contributed by atoms with Gasteiger partial charge in [0.15, 0.2) is 0 Å². The van der Waals surface area contributed by atoms with Crippen LogP contribution in [0.2, 0.25) is 0 Å². The zero-order valence-electron chi connectivity index (χ0n) is 11.8. The third-order valence-corrected chi connectivity index (χ3v) is 3.69. The Balaban J connectivity index is 2.51. The molecule has 3 nitrogen and oxygen atoms in total. The summed E-state index contributed by atoms with van der Waals surface area (Å²) in [5.41, 5.74) is 0.706. The first kappa shape index (κ1) is 14.5. The van der Waals surface area contributed by atoms with Crippen LogP contribution in [-0.4, -0.2) is 23.7 Å². The summed E-state index contributed by atoms with van der Waals surface area (Å²) in [6, 6.07) is 0.454. The molecule has 0 aromatic rings. The van der Waals surface area contributed by atoms with Gasteiger partial charge in [0, 0.05) is 12.6 Å². The molecule has 0 aromatic heterocycles. The van der Waals surface area contributed by atoms with Crippen LogP contribution in [0.1, 0.15) is 53.9 Å². The maximum Gasteiger partial charge on any atom is 0.307 e. The Morgan fingerprint density at radius 3 is 2.18 bits per heavy atom. The van der Waals surface area contributed by atoms with E-state index in [2.05, 4.69) is 33.0 Å². The number of nitrogens with one attached hydrogen (secondary N) is 1. The molecule has 0 spiro atoms. The summed E-state index contributed by atoms with van der Waals surface area (Å²) in [6.45, 7) is 11.6. The fourth-order valence-corrected chi connectivity index (χ4v) is 3.42. The van der Waals surface area contributed by atoms with Gasteiger partial charge in [-0.25, -0.2) is 0 Å². The van der Waals surface area contributed by atoms with Crippen molar-refractivity contribution < 1.29 is 9.90 Å². The van der Waals surface area contributed by atoms with Gasteiger partial charge < -0.3 is 10.4 Å². The Hall–Kier alpha value is -0.570. The highest BCUT2D eigenvalue weighted by Gasteiger charge is 2.38. The fourth-order valence-electron chi connectivity index (χ4n) is 3.42. The highest BCUT2D eigenvalue weighted by molar-refractivity contribution is 5.69. The first-order valence-electron chi connectivity index (χ1n) is 6.57. The van der Waals surface area contributed by atoms with Crippen molar-refractivity contribution in [2.75, 3.05) is 6.54 Å². The fraction of sp³-hybridized carbons (Fsp3) is 0.929. The SMILES string of the molecule is CC(CNC1CC(C)(C)CC(C)(C)C1)C(=O)O. The summed E-state index contributed by atoms with van der Waals surface area (Å²) in [4.78, 5) is 10.8. The molecule has 0 amide bonds. The second-order valence-electron chi connectivity index (χ2n) is 7.26. The maximum atomic E-state index is 10.8. The molecule has 100 valence electrons. The van der Waals surface area contributed by atoms with Crippen LogP contribution in [0.4, 0.5) is 0 Å². The summed E-state index contributed by atoms with van der Waals surface area (Å²) >= 11 is 0. The minimum absolute atomic E-state index is 0.303. The number of rotatable bonds is 4. The molecule has 1 atom stereocenters. The number of hydrogen-bond acceptors (Lipinski definition) is 2. The number of aliphatic carboxylic acids is 1. The van der Waals surface area contributed by atoms with Crippen LogP contribution in [0.15, 0.2) is 0 Å². The smallest absolute Gasteiger partial charge is 0.307 e. The number of carboxylic acid groups (broad SMARTS) is 1. The minimum atomic E-state index is -0.716. The van der Waals surface area contributed by atoms with Crippen LogP contribution >= 0.6 is 0 Å². The average molecular weight is 241 g/mol. The van der Waals surface area contributed by atoms with Crippen LogP contribution in [0, 0.1) is 16.7 Å². The highest BCUT2D eigenvalue weighted by Crippen LogP contribution is 2.45. The lowest BCUT2D eigenvalue weighted by Gasteiger charge is -2.45. The van der Waals surface area contributed by atoms with Crippen LogP contribution in [0.3, 0.4) is 0 Å². The van der Waals surface area contributed by atoms with E-state index in [4.69, 9.17) is 5.11 Å². The molecule has 1 saturated carbocycles. The third kappa shape index (κ3) is 4.66. The lowest BCUT2D eigenvalue weighted by molar-refractivity contribution is -0.141. The van der Waals surface area contributed by atoms with Crippen molar-refractivity contribution in [1.82, 2.24) is 5.32 Å². The monoisotopic (exact) mass is 241 g/mol. The molecule has 1 aliphatic rings. The normalized spacial score (nSPS) is 25.5. The molecule has 1 fully saturated rings. The van der Waals surface area contributed by atoms with Gasteiger partial charge in [0.25, 0.3) is 0 Å². The van der Waals surface area contributed by atoms with Crippen molar-refractivity contribution in [2.45, 2.75) is 59.9 Å². The lowest BCUT2D eigenvalue weighted by atomic mass is 9.63. The summed E-state index contributed by atoms with van der Waals surface area (Å²) < 4.78 is 0. The van der Waals surface area contributed by atoms with Crippen molar-refractivity contribution in [3.63, 3.8) is 0 Å². The molecule has 0 aromatic carbocycles. The van der Waals surface area contributed by atoms with Crippen molar-refractivity contribution in [3.05, 3.63) is 0 Å². The second kappa shape index (κ2) is 4.97. The molecule has 17 heavy (non-hydrogen) atoms. The van der Waals surface area contributed by atoms with Gasteiger partial charge in [0.1, 0.15) is 0 Å². The number of carboxylic acids is 1. The molecule has 3 heteroatoms. The van der Waals surface area contributed by atoms with Gasteiger partial charge in [0.05, 0.1) is 5.92 Å². The van der Waals surface area contributed by atoms with Crippen LogP contribution in [0.25, 0.3) is 0 Å². The van der Waals surface area contributed by atoms with Gasteiger partial charge in [0.2, 0.25) is 0 Å². The molecule has 2 N–H and O–H groups in total. The van der Waals surface area contributed by atoms with Crippen molar-refractivity contribution in [1.29, 1.82) is 0 Å². The molecule has 0 aliphatic heterocycles. The Morgan fingerprint density at radius 2 is 1.76 bits per heavy atom. The van der Waals surface area contributed by atoms with Crippen molar-refractivity contribution >= 4 is 5.97 Å². The Morgan fingerprint density at radius 1 is 1.29 bits per heavy atom. The van der Waals surface area contributed by atoms with E-state index in [1.165, 1.54) is 6.42 Å². The highest BCUT2D eigenvalue weighted by atomic mass is 16.4. The zero-order valence-corrected chi connectivity index (χ0v) is 11.8. The molecule has 1 aliphatic carbocycles. The van der Waals surface area contributed by atoms with Crippen molar-refractivity contribution in [2.24, 2.45) is 16.7 Å². The van der Waals surface area contributed by atoms with Gasteiger partial charge in [-0.15, -0.1) is 0 Å². The van der Waals surface area contributed by atoms with E-state index in [0.717, 1.165) is 12.8 Å². The first-order valence-corrected chi connectivity index (χ1v) is 6.57. The summed E-state index contributed by atoms with van der Waals surface area (Å²) in [5, 5.41) is 12.3. The average Bonchev–Trinajstić information content (AvgIpc) is 2.08. The largest absolute Gasteiger partial charge is 0.481 e. The van der Waals surface area contributed by atoms with Crippen molar-refractivity contribution in [3.8, 4) is 0 Å². The molecule has 0 bridgehead atoms. The van der Waals surface area contributed by atoms with E-state index in [1.807, 2.05) is 0 Å². The molecule has 0 heterocycles. The topological polar surface area (TPSA) is 49.3 Å². The van der Waals surface area contributed by atoms with Gasteiger partial charge in [-0.1, -0.05) is 34.6 Å². The van der Waals surface area contributed by atoms with Crippen LogP contribution in [0.5, 0.6) is 0 Å². The molecule has 1 rings (SSSR count). The van der Waals surface area contributed by atoms with Crippen LogP contribution in [-0.2, 0) is 4.79 Å². The first-order chi connectivity index (χ1) is 7.61. The van der Waals surface area contributed by atoms with Gasteiger partial charge in [-0.3, -0.25) is 4.79 Å². The van der Waals surface area contributed by atoms with Gasteiger partial charge in [-0.2, -0.15) is 0 Å². The van der Waals surface area contributed by atoms with E-state index < -0.39 is 5.97 Å². The van der Waals surface area contributed by atoms with E-state index in [-0.39, 0.29) is 5.92 Å². The van der Waals surface area contributed by atoms with Gasteiger partial charge >= 0.3 is 5.97 Å². The summed E-state index contributed by atoms with van der Waals surface area (Å²) in [7, 11) is 0. The van der Waals surface area contributed by atoms with Crippen LogP contribution < -0.4 is 5.32 Å². The lowest BCUT2D eigenvalue weighted by Crippen LogP contribution is -2.45. The summed E-state index contributed by atoms with van der Waals surface area (Å²) in [5.74, 6) is -1.02. The minimum Gasteiger partial charge on any atom is -0.481 e. The number of hydrogen-bond donors (Lipinski definition) is 2. The Bertz CT molecular complexity index is 268. The molecule has 0 radical (unpaired) electrons. The van der Waals surface area contributed by atoms with Gasteiger partial charge in [-0.05, 0) is 30.1 Å². The third-order valence-electron chi connectivity index (χ3n) is 3.69. The zero-order chi connectivity index (χ0) is 13.3. The standard InChI is InChI=1S/C14H27NO2/c1-10(12(16)17)8-15-11-6-13(2,3)9-14(4,5)7-11/h10-11,15H,6-9H2,1-5H3,(H,16,17). The molecular weight excluding hydrogens is 214 g/mol. The summed E-state index contributed by atoms with van der Waals surface area (Å²) in [6.07, 6.45) is 3.53. The molecule has 0 saturated heterocycles. The Kier molecular flexibility index (Phi) is 4.23.